The van der Waals surface area contributed by atoms with Gasteiger partial charge in [-0.3, -0.25) is 0 Å². The van der Waals surface area contributed by atoms with Crippen LogP contribution in [0.2, 0.25) is 0 Å². The van der Waals surface area contributed by atoms with E-state index < -0.39 is 5.66 Å². The topological polar surface area (TPSA) is 95.1 Å². The van der Waals surface area contributed by atoms with Crippen LogP contribution in [0.3, 0.4) is 0 Å². The zero-order valence-corrected chi connectivity index (χ0v) is 9.96. The zero-order chi connectivity index (χ0) is 12.5. The standard InChI is InChI=1S/C10H15N5O2/c1-8-6-14(15(16)17)10(12-13-11)5-7(8)3-4-9(8,10)2/h7H,3-6H2,1-2H3. The Morgan fingerprint density at radius 3 is 2.82 bits per heavy atom. The number of hydrogen-bond donors (Lipinski definition) is 0. The fourth-order valence-corrected chi connectivity index (χ4v) is 4.68. The normalized spacial score (nSPS) is 50.5. The molecule has 0 radical (unpaired) electrons. The largest absolute Gasteiger partial charge is 0.235 e. The number of hydrazine groups is 1. The van der Waals surface area contributed by atoms with Gasteiger partial charge in [-0.05, 0) is 30.7 Å². The molecule has 17 heavy (non-hydrogen) atoms. The van der Waals surface area contributed by atoms with Gasteiger partial charge in [0.05, 0.1) is 6.54 Å². The molecule has 0 aromatic carbocycles. The van der Waals surface area contributed by atoms with Gasteiger partial charge < -0.3 is 0 Å². The van der Waals surface area contributed by atoms with E-state index in [1.54, 1.807) is 0 Å². The number of hydrogen-bond acceptors (Lipinski definition) is 3. The summed E-state index contributed by atoms with van der Waals surface area (Å²) in [5.74, 6) is 0.453. The molecule has 3 fully saturated rings. The third kappa shape index (κ3) is 0.824. The lowest BCUT2D eigenvalue weighted by Crippen LogP contribution is -2.53. The van der Waals surface area contributed by atoms with Crippen molar-refractivity contribution in [3.63, 3.8) is 0 Å². The van der Waals surface area contributed by atoms with E-state index >= 15 is 0 Å². The van der Waals surface area contributed by atoms with Crippen molar-refractivity contribution in [1.29, 1.82) is 0 Å². The molecule has 1 saturated heterocycles. The lowest BCUT2D eigenvalue weighted by Gasteiger charge is -2.39. The summed E-state index contributed by atoms with van der Waals surface area (Å²) in [6, 6.07) is 0. The second-order valence-electron chi connectivity index (χ2n) is 5.99. The maximum absolute atomic E-state index is 11.2. The van der Waals surface area contributed by atoms with Crippen molar-refractivity contribution < 1.29 is 5.03 Å². The third-order valence-electron chi connectivity index (χ3n) is 5.88. The van der Waals surface area contributed by atoms with E-state index in [1.807, 2.05) is 0 Å². The quantitative estimate of drug-likeness (QED) is 0.242. The molecule has 3 rings (SSSR count). The van der Waals surface area contributed by atoms with Crippen LogP contribution in [0.5, 0.6) is 0 Å². The highest BCUT2D eigenvalue weighted by molar-refractivity contribution is 5.26. The minimum Gasteiger partial charge on any atom is -0.235 e. The summed E-state index contributed by atoms with van der Waals surface area (Å²) in [5, 5.41) is 15.9. The molecule has 0 aromatic rings. The van der Waals surface area contributed by atoms with Gasteiger partial charge in [0.25, 0.3) is 0 Å². The summed E-state index contributed by atoms with van der Waals surface area (Å²) in [6.45, 7) is 4.57. The van der Waals surface area contributed by atoms with Gasteiger partial charge in [-0.1, -0.05) is 19.0 Å². The molecule has 2 aliphatic carbocycles. The van der Waals surface area contributed by atoms with Crippen LogP contribution < -0.4 is 0 Å². The predicted octanol–water partition coefficient (Wildman–Crippen LogP) is 2.33. The van der Waals surface area contributed by atoms with Crippen LogP contribution in [-0.2, 0) is 0 Å². The van der Waals surface area contributed by atoms with Gasteiger partial charge in [-0.15, -0.1) is 5.01 Å². The molecule has 2 saturated carbocycles. The molecule has 4 atom stereocenters. The first-order valence-electron chi connectivity index (χ1n) is 5.89. The van der Waals surface area contributed by atoms with Crippen molar-refractivity contribution in [2.45, 2.75) is 38.8 Å². The summed E-state index contributed by atoms with van der Waals surface area (Å²) in [5.41, 5.74) is 7.49. The Labute approximate surface area is 98.5 Å². The number of nitro groups is 1. The minimum absolute atomic E-state index is 0.0890. The summed E-state index contributed by atoms with van der Waals surface area (Å²) in [7, 11) is 0. The number of azide groups is 1. The highest BCUT2D eigenvalue weighted by atomic mass is 16.7. The highest BCUT2D eigenvalue weighted by Crippen LogP contribution is 2.76. The lowest BCUT2D eigenvalue weighted by atomic mass is 9.69. The average molecular weight is 237 g/mol. The number of nitrogens with zero attached hydrogens (tertiary/aromatic N) is 5. The van der Waals surface area contributed by atoms with E-state index in [4.69, 9.17) is 5.53 Å². The molecule has 4 unspecified atom stereocenters. The predicted molar refractivity (Wildman–Crippen MR) is 59.1 cm³/mol. The van der Waals surface area contributed by atoms with Crippen molar-refractivity contribution >= 4 is 0 Å². The second-order valence-corrected chi connectivity index (χ2v) is 5.99. The van der Waals surface area contributed by atoms with Crippen LogP contribution in [0, 0.1) is 26.9 Å². The monoisotopic (exact) mass is 237 g/mol. The van der Waals surface area contributed by atoms with E-state index in [9.17, 15) is 10.1 Å². The fourth-order valence-electron chi connectivity index (χ4n) is 4.68. The summed E-state index contributed by atoms with van der Waals surface area (Å²) in [4.78, 5) is 14.1. The maximum Gasteiger partial charge on any atom is 0.184 e. The fraction of sp³-hybridized carbons (Fsp3) is 1.00. The smallest absolute Gasteiger partial charge is 0.184 e. The lowest BCUT2D eigenvalue weighted by molar-refractivity contribution is -0.675. The van der Waals surface area contributed by atoms with Gasteiger partial charge in [-0.25, -0.2) is 10.1 Å². The van der Waals surface area contributed by atoms with E-state index in [1.165, 1.54) is 5.01 Å². The summed E-state index contributed by atoms with van der Waals surface area (Å²) < 4.78 is 0. The van der Waals surface area contributed by atoms with E-state index in [-0.39, 0.29) is 15.9 Å². The SMILES string of the molecule is CC12CN([N+](=O)[O-])C3(N=[N+]=[N-])CC1CCC23C. The molecule has 1 aliphatic heterocycles. The molecule has 0 N–H and O–H groups in total. The molecule has 0 aromatic heterocycles. The van der Waals surface area contributed by atoms with E-state index in [0.717, 1.165) is 12.8 Å². The van der Waals surface area contributed by atoms with E-state index in [0.29, 0.717) is 18.9 Å². The first kappa shape index (κ1) is 10.7. The van der Waals surface area contributed by atoms with Crippen LogP contribution in [0.1, 0.15) is 33.1 Å². The van der Waals surface area contributed by atoms with Gasteiger partial charge in [0.1, 0.15) is 0 Å². The Balaban J connectivity index is 2.20. The van der Waals surface area contributed by atoms with Crippen molar-refractivity contribution in [3.05, 3.63) is 20.6 Å². The highest BCUT2D eigenvalue weighted by Gasteiger charge is 2.81. The van der Waals surface area contributed by atoms with Crippen LogP contribution in [0.25, 0.3) is 10.4 Å². The van der Waals surface area contributed by atoms with Crippen LogP contribution in [-0.4, -0.2) is 22.2 Å². The summed E-state index contributed by atoms with van der Waals surface area (Å²) in [6.07, 6.45) is 2.64. The third-order valence-corrected chi connectivity index (χ3v) is 5.88. The van der Waals surface area contributed by atoms with Gasteiger partial charge in [0, 0.05) is 15.7 Å². The molecule has 7 nitrogen and oxygen atoms in total. The Bertz CT molecular complexity index is 462. The zero-order valence-electron chi connectivity index (χ0n) is 9.96. The van der Waals surface area contributed by atoms with Crippen molar-refractivity contribution in [2.24, 2.45) is 21.9 Å². The minimum atomic E-state index is -0.942. The first-order valence-corrected chi connectivity index (χ1v) is 5.89. The van der Waals surface area contributed by atoms with Gasteiger partial charge in [0.2, 0.25) is 0 Å². The summed E-state index contributed by atoms with van der Waals surface area (Å²) >= 11 is 0. The van der Waals surface area contributed by atoms with E-state index in [2.05, 4.69) is 23.9 Å². The van der Waals surface area contributed by atoms with Crippen LogP contribution in [0.4, 0.5) is 0 Å². The van der Waals surface area contributed by atoms with Crippen molar-refractivity contribution in [1.82, 2.24) is 5.01 Å². The number of rotatable bonds is 2. The first-order chi connectivity index (χ1) is 7.91. The molecular weight excluding hydrogens is 222 g/mol. The number of piperidine rings is 1. The van der Waals surface area contributed by atoms with Crippen molar-refractivity contribution in [2.75, 3.05) is 6.54 Å². The second kappa shape index (κ2) is 2.67. The molecule has 1 heterocycles. The van der Waals surface area contributed by atoms with Crippen molar-refractivity contribution in [3.8, 4) is 0 Å². The van der Waals surface area contributed by atoms with Crippen LogP contribution >= 0.6 is 0 Å². The Kier molecular flexibility index (Phi) is 1.67. The molecule has 0 spiro atoms. The Morgan fingerprint density at radius 1 is 1.59 bits per heavy atom. The molecular formula is C10H15N5O2. The molecule has 4 bridgehead atoms. The molecule has 3 aliphatic rings. The maximum atomic E-state index is 11.2. The van der Waals surface area contributed by atoms with Crippen LogP contribution in [0.15, 0.2) is 5.11 Å². The molecule has 92 valence electrons. The van der Waals surface area contributed by atoms with Gasteiger partial charge in [0.15, 0.2) is 10.7 Å². The molecule has 7 heteroatoms. The molecule has 0 amide bonds. The Morgan fingerprint density at radius 2 is 2.29 bits per heavy atom. The average Bonchev–Trinajstić information content (AvgIpc) is 2.69. The van der Waals surface area contributed by atoms with Gasteiger partial charge >= 0.3 is 0 Å². The van der Waals surface area contributed by atoms with Gasteiger partial charge in [-0.2, -0.15) is 0 Å². The Hall–Kier alpha value is -1.49.